The lowest BCUT2D eigenvalue weighted by Gasteiger charge is -2.25. The minimum absolute atomic E-state index is 0.0457. The van der Waals surface area contributed by atoms with Crippen LogP contribution in [0.25, 0.3) is 0 Å². The van der Waals surface area contributed by atoms with E-state index in [0.717, 1.165) is 17.6 Å². The molecular weight excluding hydrogens is 316 g/mol. The Hall–Kier alpha value is -1.76. The summed E-state index contributed by atoms with van der Waals surface area (Å²) in [6.07, 6.45) is 1.21. The highest BCUT2D eigenvalue weighted by atomic mass is 32.2. The van der Waals surface area contributed by atoms with Crippen molar-refractivity contribution < 1.29 is 17.9 Å². The molecule has 0 unspecified atom stereocenters. The molecule has 0 spiro atoms. The van der Waals surface area contributed by atoms with Crippen molar-refractivity contribution in [1.82, 2.24) is 10.2 Å². The highest BCUT2D eigenvalue weighted by Crippen LogP contribution is 2.19. The number of nitrogens with zero attached hydrogens (tertiary/aromatic N) is 1. The maximum absolute atomic E-state index is 12.2. The van der Waals surface area contributed by atoms with Gasteiger partial charge >= 0.3 is 6.03 Å². The van der Waals surface area contributed by atoms with E-state index in [1.807, 2.05) is 38.1 Å². The highest BCUT2D eigenvalue weighted by molar-refractivity contribution is 7.90. The van der Waals surface area contributed by atoms with E-state index in [4.69, 9.17) is 4.74 Å². The van der Waals surface area contributed by atoms with Crippen molar-refractivity contribution in [2.75, 3.05) is 19.1 Å². The second-order valence-corrected chi connectivity index (χ2v) is 8.17. The Morgan fingerprint density at radius 1 is 1.26 bits per heavy atom. The molecule has 130 valence electrons. The van der Waals surface area contributed by atoms with Crippen LogP contribution in [0.4, 0.5) is 4.79 Å². The van der Waals surface area contributed by atoms with Gasteiger partial charge in [-0.25, -0.2) is 13.2 Å². The standard InChI is InChI=1S/C16H26N2O4S/c1-12(2)22-15-9-7-6-8-14(15)10-17-16(19)18(4)13(3)11-23(5,20)21/h6-9,12-13H,10-11H2,1-5H3,(H,17,19)/t13-/m1/s1. The average molecular weight is 342 g/mol. The number of nitrogens with one attached hydrogen (secondary N) is 1. The predicted molar refractivity (Wildman–Crippen MR) is 91.4 cm³/mol. The number of amides is 2. The number of ether oxygens (including phenoxy) is 1. The second-order valence-electron chi connectivity index (χ2n) is 5.99. The van der Waals surface area contributed by atoms with Gasteiger partial charge in [0.1, 0.15) is 15.6 Å². The molecule has 0 aliphatic rings. The zero-order valence-electron chi connectivity index (χ0n) is 14.4. The molecule has 0 saturated carbocycles. The van der Waals surface area contributed by atoms with Gasteiger partial charge in [-0.3, -0.25) is 0 Å². The molecule has 1 N–H and O–H groups in total. The Morgan fingerprint density at radius 2 is 1.87 bits per heavy atom. The van der Waals surface area contributed by atoms with E-state index in [2.05, 4.69) is 5.32 Å². The molecule has 7 heteroatoms. The summed E-state index contributed by atoms with van der Waals surface area (Å²) in [6, 6.07) is 6.79. The number of hydrogen-bond donors (Lipinski definition) is 1. The van der Waals surface area contributed by atoms with Crippen molar-refractivity contribution in [2.45, 2.75) is 39.5 Å². The molecule has 0 saturated heterocycles. The first-order valence-electron chi connectivity index (χ1n) is 7.53. The molecule has 0 aliphatic carbocycles. The summed E-state index contributed by atoms with van der Waals surface area (Å²) in [5.74, 6) is 0.666. The largest absolute Gasteiger partial charge is 0.491 e. The maximum atomic E-state index is 12.2. The molecule has 0 radical (unpaired) electrons. The van der Waals surface area contributed by atoms with Crippen LogP contribution in [0.15, 0.2) is 24.3 Å². The summed E-state index contributed by atoms with van der Waals surface area (Å²) in [4.78, 5) is 13.6. The number of rotatable bonds is 7. The van der Waals surface area contributed by atoms with E-state index in [1.165, 1.54) is 4.90 Å². The maximum Gasteiger partial charge on any atom is 0.317 e. The molecule has 0 fully saturated rings. The highest BCUT2D eigenvalue weighted by Gasteiger charge is 2.19. The molecule has 23 heavy (non-hydrogen) atoms. The minimum Gasteiger partial charge on any atom is -0.491 e. The molecule has 0 bridgehead atoms. The van der Waals surface area contributed by atoms with Gasteiger partial charge in [0.25, 0.3) is 0 Å². The first-order valence-corrected chi connectivity index (χ1v) is 9.59. The summed E-state index contributed by atoms with van der Waals surface area (Å²) >= 11 is 0. The smallest absolute Gasteiger partial charge is 0.317 e. The van der Waals surface area contributed by atoms with Crippen LogP contribution in [0.2, 0.25) is 0 Å². The Morgan fingerprint density at radius 3 is 2.43 bits per heavy atom. The molecule has 2 amide bonds. The van der Waals surface area contributed by atoms with Crippen molar-refractivity contribution in [3.63, 3.8) is 0 Å². The summed E-state index contributed by atoms with van der Waals surface area (Å²) < 4.78 is 28.3. The van der Waals surface area contributed by atoms with Crippen LogP contribution in [0.5, 0.6) is 5.75 Å². The molecule has 0 aliphatic heterocycles. The van der Waals surface area contributed by atoms with Crippen LogP contribution < -0.4 is 10.1 Å². The Kier molecular flexibility index (Phi) is 6.87. The third kappa shape index (κ3) is 6.90. The van der Waals surface area contributed by atoms with Gasteiger partial charge in [0.15, 0.2) is 0 Å². The van der Waals surface area contributed by atoms with E-state index in [-0.39, 0.29) is 17.9 Å². The number of sulfone groups is 1. The number of benzene rings is 1. The topological polar surface area (TPSA) is 75.7 Å². The number of carbonyl (C=O) groups is 1. The van der Waals surface area contributed by atoms with Gasteiger partial charge in [-0.15, -0.1) is 0 Å². The lowest BCUT2D eigenvalue weighted by atomic mass is 10.2. The predicted octanol–water partition coefficient (Wildman–Crippen LogP) is 2.05. The Labute approximate surface area is 138 Å². The molecule has 1 aromatic carbocycles. The van der Waals surface area contributed by atoms with Gasteiger partial charge in [0.2, 0.25) is 0 Å². The fraction of sp³-hybridized carbons (Fsp3) is 0.562. The molecular formula is C16H26N2O4S. The van der Waals surface area contributed by atoms with Crippen molar-refractivity contribution in [1.29, 1.82) is 0 Å². The molecule has 6 nitrogen and oxygen atoms in total. The van der Waals surface area contributed by atoms with E-state index in [9.17, 15) is 13.2 Å². The van der Waals surface area contributed by atoms with Gasteiger partial charge < -0.3 is 15.0 Å². The van der Waals surface area contributed by atoms with Crippen molar-refractivity contribution in [3.8, 4) is 5.75 Å². The van der Waals surface area contributed by atoms with E-state index in [1.54, 1.807) is 14.0 Å². The normalized spacial score (nSPS) is 12.8. The molecule has 1 aromatic rings. The average Bonchev–Trinajstić information content (AvgIpc) is 2.42. The van der Waals surface area contributed by atoms with Gasteiger partial charge in [-0.05, 0) is 26.8 Å². The fourth-order valence-electron chi connectivity index (χ4n) is 2.06. The van der Waals surface area contributed by atoms with Crippen molar-refractivity contribution >= 4 is 15.9 Å². The van der Waals surface area contributed by atoms with Gasteiger partial charge in [0.05, 0.1) is 11.9 Å². The number of carbonyl (C=O) groups excluding carboxylic acids is 1. The molecule has 0 heterocycles. The van der Waals surface area contributed by atoms with Crippen molar-refractivity contribution in [3.05, 3.63) is 29.8 Å². The van der Waals surface area contributed by atoms with Crippen LogP contribution >= 0.6 is 0 Å². The third-order valence-corrected chi connectivity index (χ3v) is 4.38. The molecule has 0 aromatic heterocycles. The van der Waals surface area contributed by atoms with Crippen LogP contribution in [-0.4, -0.2) is 50.6 Å². The lowest BCUT2D eigenvalue weighted by molar-refractivity contribution is 0.197. The quantitative estimate of drug-likeness (QED) is 0.823. The molecule has 1 atom stereocenters. The van der Waals surface area contributed by atoms with E-state index in [0.29, 0.717) is 6.54 Å². The van der Waals surface area contributed by atoms with Gasteiger partial charge in [-0.1, -0.05) is 18.2 Å². The van der Waals surface area contributed by atoms with Crippen LogP contribution in [0.3, 0.4) is 0 Å². The number of para-hydroxylation sites is 1. The SMILES string of the molecule is CC(C)Oc1ccccc1CNC(=O)N(C)[C@H](C)CS(C)(=O)=O. The van der Waals surface area contributed by atoms with E-state index < -0.39 is 15.9 Å². The molecule has 1 rings (SSSR count). The summed E-state index contributed by atoms with van der Waals surface area (Å²) in [7, 11) is -1.55. The first kappa shape index (κ1) is 19.3. The first-order chi connectivity index (χ1) is 10.6. The lowest BCUT2D eigenvalue weighted by Crippen LogP contribution is -2.44. The van der Waals surface area contributed by atoms with Gasteiger partial charge in [0, 0.05) is 31.5 Å². The minimum atomic E-state index is -3.13. The van der Waals surface area contributed by atoms with Crippen LogP contribution in [-0.2, 0) is 16.4 Å². The van der Waals surface area contributed by atoms with Crippen molar-refractivity contribution in [2.24, 2.45) is 0 Å². The van der Waals surface area contributed by atoms with Gasteiger partial charge in [-0.2, -0.15) is 0 Å². The zero-order valence-corrected chi connectivity index (χ0v) is 15.2. The zero-order chi connectivity index (χ0) is 17.6. The Balaban J connectivity index is 2.66. The summed E-state index contributed by atoms with van der Waals surface area (Å²) in [5, 5.41) is 2.79. The number of hydrogen-bond acceptors (Lipinski definition) is 4. The fourth-order valence-corrected chi connectivity index (χ4v) is 3.16. The van der Waals surface area contributed by atoms with E-state index >= 15 is 0 Å². The van der Waals surface area contributed by atoms with Crippen LogP contribution in [0.1, 0.15) is 26.3 Å². The second kappa shape index (κ2) is 8.19. The monoisotopic (exact) mass is 342 g/mol. The summed E-state index contributed by atoms with van der Waals surface area (Å²) in [6.45, 7) is 5.90. The summed E-state index contributed by atoms with van der Waals surface area (Å²) in [5.41, 5.74) is 0.874. The third-order valence-electron chi connectivity index (χ3n) is 3.29. The Bertz CT molecular complexity index is 629. The van der Waals surface area contributed by atoms with Crippen LogP contribution in [0, 0.1) is 0 Å². The number of urea groups is 1.